The predicted octanol–water partition coefficient (Wildman–Crippen LogP) is 1.49. The first-order valence-electron chi connectivity index (χ1n) is 5.64. The first-order valence-corrected chi connectivity index (χ1v) is 6.76. The smallest absolute Gasteiger partial charge is 0.0589 e. The molecule has 1 aliphatic carbocycles. The summed E-state index contributed by atoms with van der Waals surface area (Å²) in [6.07, 6.45) is 3.98. The molecule has 0 bridgehead atoms. The van der Waals surface area contributed by atoms with E-state index in [4.69, 9.17) is 9.84 Å². The van der Waals surface area contributed by atoms with E-state index in [2.05, 4.69) is 20.8 Å². The Balaban J connectivity index is 2.34. The summed E-state index contributed by atoms with van der Waals surface area (Å²) >= 11 is 3.61. The SMILES string of the molecule is COCCN(CCO)CC1(CBr)CCC1. The number of methoxy groups -OCH3 is 1. The molecule has 0 unspecified atom stereocenters. The van der Waals surface area contributed by atoms with Crippen LogP contribution >= 0.6 is 15.9 Å². The van der Waals surface area contributed by atoms with Crippen LogP contribution in [0.15, 0.2) is 0 Å². The van der Waals surface area contributed by atoms with Crippen molar-refractivity contribution in [2.24, 2.45) is 5.41 Å². The quantitative estimate of drug-likeness (QED) is 0.684. The summed E-state index contributed by atoms with van der Waals surface area (Å²) in [6, 6.07) is 0. The number of aliphatic hydroxyl groups is 1. The van der Waals surface area contributed by atoms with E-state index >= 15 is 0 Å². The normalized spacial score (nSPS) is 19.2. The molecule has 0 aliphatic heterocycles. The van der Waals surface area contributed by atoms with Gasteiger partial charge in [-0.25, -0.2) is 0 Å². The number of halogens is 1. The van der Waals surface area contributed by atoms with Gasteiger partial charge < -0.3 is 9.84 Å². The Morgan fingerprint density at radius 3 is 2.53 bits per heavy atom. The number of hydrogen-bond acceptors (Lipinski definition) is 3. The highest BCUT2D eigenvalue weighted by Gasteiger charge is 2.37. The third-order valence-corrected chi connectivity index (χ3v) is 4.47. The van der Waals surface area contributed by atoms with Crippen LogP contribution in [0.1, 0.15) is 19.3 Å². The van der Waals surface area contributed by atoms with Crippen LogP contribution in [0.25, 0.3) is 0 Å². The zero-order valence-electron chi connectivity index (χ0n) is 9.54. The molecule has 0 radical (unpaired) electrons. The van der Waals surface area contributed by atoms with Crippen LogP contribution in [0.4, 0.5) is 0 Å². The summed E-state index contributed by atoms with van der Waals surface area (Å²) in [6.45, 7) is 3.76. The van der Waals surface area contributed by atoms with Crippen LogP contribution in [0.3, 0.4) is 0 Å². The zero-order valence-corrected chi connectivity index (χ0v) is 11.1. The van der Waals surface area contributed by atoms with E-state index in [1.54, 1.807) is 7.11 Å². The van der Waals surface area contributed by atoms with Crippen molar-refractivity contribution >= 4 is 15.9 Å². The molecule has 4 heteroatoms. The summed E-state index contributed by atoms with van der Waals surface area (Å²) in [4.78, 5) is 2.31. The maximum absolute atomic E-state index is 9.00. The lowest BCUT2D eigenvalue weighted by atomic mass is 9.70. The fourth-order valence-corrected chi connectivity index (χ4v) is 2.85. The second kappa shape index (κ2) is 6.84. The Labute approximate surface area is 101 Å². The molecule has 1 fully saturated rings. The molecule has 0 amide bonds. The molecule has 0 heterocycles. The summed E-state index contributed by atoms with van der Waals surface area (Å²) < 4.78 is 5.08. The predicted molar refractivity (Wildman–Crippen MR) is 65.5 cm³/mol. The van der Waals surface area contributed by atoms with E-state index in [0.29, 0.717) is 5.41 Å². The highest BCUT2D eigenvalue weighted by atomic mass is 79.9. The van der Waals surface area contributed by atoms with Crippen molar-refractivity contribution in [3.63, 3.8) is 0 Å². The Morgan fingerprint density at radius 1 is 1.40 bits per heavy atom. The highest BCUT2D eigenvalue weighted by Crippen LogP contribution is 2.42. The van der Waals surface area contributed by atoms with Crippen molar-refractivity contribution in [2.45, 2.75) is 19.3 Å². The molecule has 0 aromatic heterocycles. The second-order valence-corrected chi connectivity index (χ2v) is 5.04. The molecule has 0 spiro atoms. The van der Waals surface area contributed by atoms with Gasteiger partial charge in [0.1, 0.15) is 0 Å². The van der Waals surface area contributed by atoms with Crippen LogP contribution in [0.5, 0.6) is 0 Å². The third kappa shape index (κ3) is 4.02. The minimum absolute atomic E-state index is 0.238. The zero-order chi connectivity index (χ0) is 11.1. The molecule has 0 aromatic rings. The number of alkyl halides is 1. The van der Waals surface area contributed by atoms with E-state index < -0.39 is 0 Å². The van der Waals surface area contributed by atoms with Crippen molar-refractivity contribution in [2.75, 3.05) is 45.3 Å². The van der Waals surface area contributed by atoms with Crippen LogP contribution in [0.2, 0.25) is 0 Å². The van der Waals surface area contributed by atoms with Gasteiger partial charge in [0, 0.05) is 32.1 Å². The fraction of sp³-hybridized carbons (Fsp3) is 1.00. The van der Waals surface area contributed by atoms with Gasteiger partial charge in [-0.1, -0.05) is 22.4 Å². The minimum Gasteiger partial charge on any atom is -0.395 e. The molecule has 3 nitrogen and oxygen atoms in total. The average molecular weight is 280 g/mol. The molecule has 0 aromatic carbocycles. The van der Waals surface area contributed by atoms with E-state index in [1.807, 2.05) is 0 Å². The number of aliphatic hydroxyl groups excluding tert-OH is 1. The molecule has 1 rings (SSSR count). The summed E-state index contributed by atoms with van der Waals surface area (Å²) in [5.41, 5.74) is 0.461. The average Bonchev–Trinajstić information content (AvgIpc) is 2.20. The molecular weight excluding hydrogens is 258 g/mol. The molecule has 1 N–H and O–H groups in total. The Bertz CT molecular complexity index is 168. The topological polar surface area (TPSA) is 32.7 Å². The maximum Gasteiger partial charge on any atom is 0.0589 e. The van der Waals surface area contributed by atoms with Crippen molar-refractivity contribution < 1.29 is 9.84 Å². The molecule has 1 aliphatic rings. The number of hydrogen-bond donors (Lipinski definition) is 1. The van der Waals surface area contributed by atoms with Crippen LogP contribution in [-0.2, 0) is 4.74 Å². The lowest BCUT2D eigenvalue weighted by Crippen LogP contribution is -2.45. The first kappa shape index (κ1) is 13.4. The standard InChI is InChI=1S/C11H22BrNO2/c1-15-8-6-13(5-7-14)10-11(9-12)3-2-4-11/h14H,2-10H2,1H3. The van der Waals surface area contributed by atoms with Gasteiger partial charge in [-0.2, -0.15) is 0 Å². The van der Waals surface area contributed by atoms with Crippen molar-refractivity contribution in [1.82, 2.24) is 4.90 Å². The fourth-order valence-electron chi connectivity index (χ4n) is 2.12. The van der Waals surface area contributed by atoms with Crippen molar-refractivity contribution in [3.05, 3.63) is 0 Å². The van der Waals surface area contributed by atoms with Gasteiger partial charge in [0.2, 0.25) is 0 Å². The molecule has 0 saturated heterocycles. The number of rotatable bonds is 8. The Kier molecular flexibility index (Phi) is 6.12. The molecule has 15 heavy (non-hydrogen) atoms. The van der Waals surface area contributed by atoms with Gasteiger partial charge in [-0.05, 0) is 18.3 Å². The van der Waals surface area contributed by atoms with E-state index in [9.17, 15) is 0 Å². The van der Waals surface area contributed by atoms with E-state index in [-0.39, 0.29) is 6.61 Å². The third-order valence-electron chi connectivity index (χ3n) is 3.28. The van der Waals surface area contributed by atoms with Crippen LogP contribution in [0, 0.1) is 5.41 Å². The largest absolute Gasteiger partial charge is 0.395 e. The minimum atomic E-state index is 0.238. The van der Waals surface area contributed by atoms with Crippen LogP contribution in [-0.4, -0.2) is 55.3 Å². The van der Waals surface area contributed by atoms with E-state index in [0.717, 1.165) is 31.6 Å². The van der Waals surface area contributed by atoms with Gasteiger partial charge >= 0.3 is 0 Å². The summed E-state index contributed by atoms with van der Waals surface area (Å²) in [5, 5.41) is 10.1. The molecule has 1 saturated carbocycles. The molecule has 0 atom stereocenters. The van der Waals surface area contributed by atoms with Crippen molar-refractivity contribution in [3.8, 4) is 0 Å². The number of ether oxygens (including phenoxy) is 1. The highest BCUT2D eigenvalue weighted by molar-refractivity contribution is 9.09. The second-order valence-electron chi connectivity index (χ2n) is 4.48. The molecular formula is C11H22BrNO2. The lowest BCUT2D eigenvalue weighted by Gasteiger charge is -2.44. The molecule has 90 valence electrons. The van der Waals surface area contributed by atoms with Gasteiger partial charge in [-0.3, -0.25) is 4.90 Å². The van der Waals surface area contributed by atoms with Crippen LogP contribution < -0.4 is 0 Å². The lowest BCUT2D eigenvalue weighted by molar-refractivity contribution is 0.0603. The Morgan fingerprint density at radius 2 is 2.13 bits per heavy atom. The van der Waals surface area contributed by atoms with Gasteiger partial charge in [-0.15, -0.1) is 0 Å². The summed E-state index contributed by atoms with van der Waals surface area (Å²) in [5.74, 6) is 0. The monoisotopic (exact) mass is 279 g/mol. The van der Waals surface area contributed by atoms with Crippen molar-refractivity contribution in [1.29, 1.82) is 0 Å². The summed E-state index contributed by atoms with van der Waals surface area (Å²) in [7, 11) is 1.72. The van der Waals surface area contributed by atoms with Gasteiger partial charge in [0.15, 0.2) is 0 Å². The maximum atomic E-state index is 9.00. The Hall–Kier alpha value is 0.360. The van der Waals surface area contributed by atoms with Gasteiger partial charge in [0.25, 0.3) is 0 Å². The first-order chi connectivity index (χ1) is 7.26. The van der Waals surface area contributed by atoms with E-state index in [1.165, 1.54) is 19.3 Å². The van der Waals surface area contributed by atoms with Gasteiger partial charge in [0.05, 0.1) is 13.2 Å². The number of nitrogens with zero attached hydrogens (tertiary/aromatic N) is 1.